The van der Waals surface area contributed by atoms with E-state index in [0.29, 0.717) is 0 Å². The second-order valence-corrected chi connectivity index (χ2v) is 4.50. The highest BCUT2D eigenvalue weighted by Gasteiger charge is 2.26. The van der Waals surface area contributed by atoms with Gasteiger partial charge in [-0.2, -0.15) is 0 Å². The van der Waals surface area contributed by atoms with Crippen LogP contribution in [0.5, 0.6) is 0 Å². The molecule has 0 amide bonds. The number of benzene rings is 1. The van der Waals surface area contributed by atoms with E-state index >= 15 is 0 Å². The molecule has 1 unspecified atom stereocenters. The van der Waals surface area contributed by atoms with Crippen LogP contribution in [0.25, 0.3) is 0 Å². The van der Waals surface area contributed by atoms with Crippen molar-refractivity contribution in [1.82, 2.24) is 9.97 Å². The van der Waals surface area contributed by atoms with Crippen molar-refractivity contribution in [3.05, 3.63) is 53.6 Å². The number of H-pyrrole nitrogens is 1. The number of aromatic nitrogens is 2. The molecule has 1 aromatic heterocycles. The molecule has 0 spiro atoms. The van der Waals surface area contributed by atoms with E-state index in [9.17, 15) is 4.79 Å². The monoisotopic (exact) mass is 226 g/mol. The minimum atomic E-state index is 0.0909. The Labute approximate surface area is 99.9 Å². The predicted octanol–water partition coefficient (Wildman–Crippen LogP) is 2.40. The lowest BCUT2D eigenvalue weighted by Crippen LogP contribution is -2.22. The minimum Gasteiger partial charge on any atom is -0.348 e. The number of aryl methyl sites for hydroxylation is 1. The number of rotatable bonds is 2. The van der Waals surface area contributed by atoms with Crippen LogP contribution >= 0.6 is 0 Å². The fraction of sp³-hybridized carbons (Fsp3) is 0.286. The van der Waals surface area contributed by atoms with Crippen molar-refractivity contribution in [2.45, 2.75) is 19.3 Å². The van der Waals surface area contributed by atoms with Crippen molar-refractivity contribution in [2.24, 2.45) is 5.92 Å². The first kappa shape index (κ1) is 10.3. The Morgan fingerprint density at radius 3 is 2.94 bits per heavy atom. The van der Waals surface area contributed by atoms with Gasteiger partial charge in [0.15, 0.2) is 5.78 Å². The number of carbonyl (C=O) groups is 1. The van der Waals surface area contributed by atoms with Crippen LogP contribution in [0.2, 0.25) is 0 Å². The van der Waals surface area contributed by atoms with Crippen LogP contribution in [0.1, 0.15) is 28.2 Å². The number of hydrogen-bond donors (Lipinski definition) is 1. The Morgan fingerprint density at radius 1 is 1.29 bits per heavy atom. The topological polar surface area (TPSA) is 45.8 Å². The maximum Gasteiger partial charge on any atom is 0.166 e. The molecule has 1 aliphatic carbocycles. The largest absolute Gasteiger partial charge is 0.348 e. The highest BCUT2D eigenvalue weighted by atomic mass is 16.1. The Hall–Kier alpha value is -1.90. The van der Waals surface area contributed by atoms with Crippen LogP contribution in [-0.2, 0) is 12.8 Å². The van der Waals surface area contributed by atoms with E-state index < -0.39 is 0 Å². The molecule has 3 nitrogen and oxygen atoms in total. The third kappa shape index (κ3) is 1.88. The summed E-state index contributed by atoms with van der Waals surface area (Å²) in [6, 6.07) is 9.54. The fourth-order valence-corrected chi connectivity index (χ4v) is 2.46. The maximum atomic E-state index is 12.3. The summed E-state index contributed by atoms with van der Waals surface area (Å²) in [4.78, 5) is 19.7. The van der Waals surface area contributed by atoms with Gasteiger partial charge in [-0.3, -0.25) is 4.79 Å². The van der Waals surface area contributed by atoms with E-state index in [1.165, 1.54) is 5.69 Å². The first-order valence-corrected chi connectivity index (χ1v) is 5.95. The Kier molecular flexibility index (Phi) is 2.52. The number of imidazole rings is 1. The molecule has 1 aromatic carbocycles. The minimum absolute atomic E-state index is 0.0909. The van der Waals surface area contributed by atoms with Gasteiger partial charge in [-0.05, 0) is 12.8 Å². The molecule has 3 rings (SSSR count). The number of hydrogen-bond acceptors (Lipinski definition) is 2. The van der Waals surface area contributed by atoms with E-state index in [-0.39, 0.29) is 11.7 Å². The van der Waals surface area contributed by atoms with E-state index in [2.05, 4.69) is 9.97 Å². The third-order valence-electron chi connectivity index (χ3n) is 3.42. The highest BCUT2D eigenvalue weighted by Crippen LogP contribution is 2.25. The summed E-state index contributed by atoms with van der Waals surface area (Å²) >= 11 is 0. The summed E-state index contributed by atoms with van der Waals surface area (Å²) in [7, 11) is 0. The van der Waals surface area contributed by atoms with Gasteiger partial charge in [0.1, 0.15) is 0 Å². The molecule has 1 heterocycles. The Balaban J connectivity index is 1.81. The molecule has 0 bridgehead atoms. The number of aromatic amines is 1. The molecule has 0 fully saturated rings. The van der Waals surface area contributed by atoms with Crippen LogP contribution in [-0.4, -0.2) is 15.8 Å². The molecule has 1 aliphatic rings. The Morgan fingerprint density at radius 2 is 2.12 bits per heavy atom. The average Bonchev–Trinajstić information content (AvgIpc) is 2.86. The van der Waals surface area contributed by atoms with Crippen LogP contribution in [0, 0.1) is 5.92 Å². The molecule has 0 radical (unpaired) electrons. The first-order valence-electron chi connectivity index (χ1n) is 5.95. The van der Waals surface area contributed by atoms with E-state index in [0.717, 1.165) is 30.5 Å². The van der Waals surface area contributed by atoms with E-state index in [4.69, 9.17) is 0 Å². The molecular formula is C14H14N2O. The number of fused-ring (bicyclic) bond motifs is 1. The summed E-state index contributed by atoms with van der Waals surface area (Å²) < 4.78 is 0. The fourth-order valence-electron chi connectivity index (χ4n) is 2.46. The number of Topliss-reactive ketones (excluding diaryl/α,β-unsaturated/α-hetero) is 1. The number of ketones is 1. The summed E-state index contributed by atoms with van der Waals surface area (Å²) in [5.74, 6) is 0.340. The number of nitrogens with zero attached hydrogens (tertiary/aromatic N) is 1. The lowest BCUT2D eigenvalue weighted by Gasteiger charge is -2.19. The zero-order valence-corrected chi connectivity index (χ0v) is 9.52. The van der Waals surface area contributed by atoms with Crippen LogP contribution in [0.3, 0.4) is 0 Å². The van der Waals surface area contributed by atoms with Crippen molar-refractivity contribution >= 4 is 5.78 Å². The SMILES string of the molecule is O=C(c1ccccc1)C1CCc2[nH]cnc2C1. The lowest BCUT2D eigenvalue weighted by atomic mass is 9.84. The number of carbonyl (C=O) groups excluding carboxylic acids is 1. The summed E-state index contributed by atoms with van der Waals surface area (Å²) in [6.45, 7) is 0. The predicted molar refractivity (Wildman–Crippen MR) is 64.9 cm³/mol. The second-order valence-electron chi connectivity index (χ2n) is 4.50. The maximum absolute atomic E-state index is 12.3. The van der Waals surface area contributed by atoms with Crippen molar-refractivity contribution in [3.63, 3.8) is 0 Å². The van der Waals surface area contributed by atoms with Gasteiger partial charge >= 0.3 is 0 Å². The smallest absolute Gasteiger partial charge is 0.166 e. The zero-order valence-electron chi connectivity index (χ0n) is 9.52. The molecular weight excluding hydrogens is 212 g/mol. The standard InChI is InChI=1S/C14H14N2O/c17-14(10-4-2-1-3-5-10)11-6-7-12-13(8-11)16-9-15-12/h1-5,9,11H,6-8H2,(H,15,16). The average molecular weight is 226 g/mol. The summed E-state index contributed by atoms with van der Waals surface area (Å²) in [6.07, 6.45) is 4.34. The van der Waals surface area contributed by atoms with Crippen molar-refractivity contribution < 1.29 is 4.79 Å². The van der Waals surface area contributed by atoms with Crippen LogP contribution in [0.15, 0.2) is 36.7 Å². The van der Waals surface area contributed by atoms with Gasteiger partial charge in [0.25, 0.3) is 0 Å². The van der Waals surface area contributed by atoms with Crippen molar-refractivity contribution in [1.29, 1.82) is 0 Å². The van der Waals surface area contributed by atoms with Gasteiger partial charge < -0.3 is 4.98 Å². The molecule has 0 aliphatic heterocycles. The molecule has 17 heavy (non-hydrogen) atoms. The van der Waals surface area contributed by atoms with Crippen molar-refractivity contribution in [3.8, 4) is 0 Å². The molecule has 3 heteroatoms. The molecule has 1 atom stereocenters. The lowest BCUT2D eigenvalue weighted by molar-refractivity contribution is 0.0908. The van der Waals surface area contributed by atoms with Gasteiger partial charge in [-0.1, -0.05) is 30.3 Å². The molecule has 0 saturated heterocycles. The quantitative estimate of drug-likeness (QED) is 0.799. The molecule has 2 aromatic rings. The molecule has 0 saturated carbocycles. The van der Waals surface area contributed by atoms with Gasteiger partial charge in [-0.15, -0.1) is 0 Å². The first-order chi connectivity index (χ1) is 8.34. The Bertz CT molecular complexity index is 530. The van der Waals surface area contributed by atoms with Crippen LogP contribution < -0.4 is 0 Å². The van der Waals surface area contributed by atoms with Gasteiger partial charge in [-0.25, -0.2) is 4.98 Å². The zero-order chi connectivity index (χ0) is 11.7. The molecule has 1 N–H and O–H groups in total. The van der Waals surface area contributed by atoms with Gasteiger partial charge in [0.05, 0.1) is 12.0 Å². The van der Waals surface area contributed by atoms with E-state index in [1.807, 2.05) is 30.3 Å². The van der Waals surface area contributed by atoms with Crippen molar-refractivity contribution in [2.75, 3.05) is 0 Å². The third-order valence-corrected chi connectivity index (χ3v) is 3.42. The van der Waals surface area contributed by atoms with Gasteiger partial charge in [0, 0.05) is 23.6 Å². The highest BCUT2D eigenvalue weighted by molar-refractivity contribution is 5.98. The summed E-state index contributed by atoms with van der Waals surface area (Å²) in [5.41, 5.74) is 3.07. The number of nitrogens with one attached hydrogen (secondary N) is 1. The summed E-state index contributed by atoms with van der Waals surface area (Å²) in [5, 5.41) is 0. The second kappa shape index (κ2) is 4.17. The van der Waals surface area contributed by atoms with E-state index in [1.54, 1.807) is 6.33 Å². The van der Waals surface area contributed by atoms with Crippen LogP contribution in [0.4, 0.5) is 0 Å². The normalized spacial score (nSPS) is 18.7. The van der Waals surface area contributed by atoms with Gasteiger partial charge in [0.2, 0.25) is 0 Å². The molecule has 86 valence electrons.